The van der Waals surface area contributed by atoms with E-state index in [0.29, 0.717) is 24.9 Å². The van der Waals surface area contributed by atoms with Crippen molar-refractivity contribution in [1.82, 2.24) is 19.6 Å². The van der Waals surface area contributed by atoms with Crippen molar-refractivity contribution >= 4 is 15.8 Å². The molecule has 1 saturated carbocycles. The first-order valence-corrected chi connectivity index (χ1v) is 9.21. The zero-order valence-electron chi connectivity index (χ0n) is 12.8. The molecule has 124 valence electrons. The Labute approximate surface area is 134 Å². The third-order valence-corrected chi connectivity index (χ3v) is 5.70. The van der Waals surface area contributed by atoms with E-state index in [1.165, 1.54) is 4.68 Å². The zero-order valence-corrected chi connectivity index (χ0v) is 13.7. The summed E-state index contributed by atoms with van der Waals surface area (Å²) in [7, 11) is -2.05. The Morgan fingerprint density at radius 1 is 1.35 bits per heavy atom. The van der Waals surface area contributed by atoms with E-state index in [2.05, 4.69) is 14.9 Å². The normalized spacial score (nSPS) is 21.7. The molecule has 0 aromatic carbocycles. The van der Waals surface area contributed by atoms with Crippen LogP contribution >= 0.6 is 0 Å². The first kappa shape index (κ1) is 14.7. The molecule has 0 bridgehead atoms. The highest BCUT2D eigenvalue weighted by Gasteiger charge is 2.30. The molecule has 1 atom stereocenters. The van der Waals surface area contributed by atoms with Crippen molar-refractivity contribution in [2.24, 2.45) is 7.05 Å². The van der Waals surface area contributed by atoms with Crippen LogP contribution in [-0.4, -0.2) is 41.2 Å². The van der Waals surface area contributed by atoms with Gasteiger partial charge < -0.3 is 4.74 Å². The molecule has 1 N–H and O–H groups in total. The van der Waals surface area contributed by atoms with Gasteiger partial charge in [-0.3, -0.25) is 9.40 Å². The number of nitrogens with one attached hydrogen (secondary N) is 1. The standard InChI is InChI=1S/C14H19N5O3S/c1-18-14(8-12(16-18)10-2-3-10)23(20,21)17-13-4-6-15-19(13)11-5-7-22-9-11/h4,6,8,10-11,17H,2-3,5,7,9H2,1H3. The highest BCUT2D eigenvalue weighted by atomic mass is 32.2. The van der Waals surface area contributed by atoms with E-state index in [4.69, 9.17) is 4.74 Å². The number of aryl methyl sites for hydroxylation is 1. The summed E-state index contributed by atoms with van der Waals surface area (Å²) in [5.74, 6) is 0.862. The molecule has 0 radical (unpaired) electrons. The molecule has 1 aliphatic heterocycles. The Morgan fingerprint density at radius 2 is 2.17 bits per heavy atom. The Kier molecular flexibility index (Phi) is 3.42. The van der Waals surface area contributed by atoms with E-state index in [-0.39, 0.29) is 11.1 Å². The lowest BCUT2D eigenvalue weighted by molar-refractivity contribution is 0.185. The van der Waals surface area contributed by atoms with Gasteiger partial charge in [0, 0.05) is 31.7 Å². The molecule has 4 rings (SSSR count). The Bertz CT molecular complexity index is 815. The Hall–Kier alpha value is -1.87. The average molecular weight is 337 g/mol. The van der Waals surface area contributed by atoms with Gasteiger partial charge in [-0.1, -0.05) is 0 Å². The highest BCUT2D eigenvalue weighted by molar-refractivity contribution is 7.92. The zero-order chi connectivity index (χ0) is 16.0. The second-order valence-electron chi connectivity index (χ2n) is 6.09. The van der Waals surface area contributed by atoms with Crippen LogP contribution in [0.25, 0.3) is 0 Å². The topological polar surface area (TPSA) is 91.0 Å². The number of rotatable bonds is 5. The molecule has 2 aliphatic rings. The molecule has 0 amide bonds. The van der Waals surface area contributed by atoms with E-state index in [1.54, 1.807) is 30.1 Å². The quantitative estimate of drug-likeness (QED) is 0.887. The van der Waals surface area contributed by atoms with Gasteiger partial charge in [-0.15, -0.1) is 0 Å². The molecule has 3 heterocycles. The van der Waals surface area contributed by atoms with Gasteiger partial charge in [0.25, 0.3) is 10.0 Å². The van der Waals surface area contributed by atoms with E-state index in [9.17, 15) is 8.42 Å². The van der Waals surface area contributed by atoms with Crippen LogP contribution < -0.4 is 4.72 Å². The minimum atomic E-state index is -3.70. The average Bonchev–Trinajstić information content (AvgIpc) is 2.91. The minimum absolute atomic E-state index is 0.0660. The molecule has 0 spiro atoms. The van der Waals surface area contributed by atoms with Gasteiger partial charge in [0.2, 0.25) is 0 Å². The fourth-order valence-electron chi connectivity index (χ4n) is 2.89. The van der Waals surface area contributed by atoms with Crippen LogP contribution in [-0.2, 0) is 21.8 Å². The summed E-state index contributed by atoms with van der Waals surface area (Å²) in [4.78, 5) is 0. The summed E-state index contributed by atoms with van der Waals surface area (Å²) in [5.41, 5.74) is 0.852. The van der Waals surface area contributed by atoms with Crippen LogP contribution in [0.15, 0.2) is 23.4 Å². The second-order valence-corrected chi connectivity index (χ2v) is 7.72. The number of hydrogen-bond acceptors (Lipinski definition) is 5. The molecular formula is C14H19N5O3S. The van der Waals surface area contributed by atoms with E-state index in [0.717, 1.165) is 25.0 Å². The predicted octanol–water partition coefficient (Wildman–Crippen LogP) is 1.26. The summed E-state index contributed by atoms with van der Waals surface area (Å²) in [6.45, 7) is 1.22. The van der Waals surface area contributed by atoms with Crippen molar-refractivity contribution in [3.05, 3.63) is 24.0 Å². The molecule has 1 unspecified atom stereocenters. The summed E-state index contributed by atoms with van der Waals surface area (Å²) < 4.78 is 36.5. The maximum atomic E-state index is 12.7. The lowest BCUT2D eigenvalue weighted by Gasteiger charge is -2.14. The highest BCUT2D eigenvalue weighted by Crippen LogP contribution is 2.39. The predicted molar refractivity (Wildman–Crippen MR) is 82.7 cm³/mol. The van der Waals surface area contributed by atoms with Crippen molar-refractivity contribution < 1.29 is 13.2 Å². The van der Waals surface area contributed by atoms with Gasteiger partial charge in [0.1, 0.15) is 5.82 Å². The van der Waals surface area contributed by atoms with Crippen molar-refractivity contribution in [2.75, 3.05) is 17.9 Å². The third kappa shape index (κ3) is 2.74. The van der Waals surface area contributed by atoms with Crippen molar-refractivity contribution in [3.8, 4) is 0 Å². The SMILES string of the molecule is Cn1nc(C2CC2)cc1S(=O)(=O)Nc1ccnn1C1CCOC1. The summed E-state index contributed by atoms with van der Waals surface area (Å²) in [6, 6.07) is 3.39. The lowest BCUT2D eigenvalue weighted by Crippen LogP contribution is -2.21. The van der Waals surface area contributed by atoms with Gasteiger partial charge in [0.15, 0.2) is 5.03 Å². The number of nitrogens with zero attached hydrogens (tertiary/aromatic N) is 4. The van der Waals surface area contributed by atoms with Crippen molar-refractivity contribution in [2.45, 2.75) is 36.2 Å². The van der Waals surface area contributed by atoms with Gasteiger partial charge in [-0.25, -0.2) is 4.68 Å². The summed E-state index contributed by atoms with van der Waals surface area (Å²) in [6.07, 6.45) is 4.58. The fraction of sp³-hybridized carbons (Fsp3) is 0.571. The Morgan fingerprint density at radius 3 is 2.87 bits per heavy atom. The van der Waals surface area contributed by atoms with E-state index < -0.39 is 10.0 Å². The molecule has 9 heteroatoms. The second kappa shape index (κ2) is 5.34. The largest absolute Gasteiger partial charge is 0.379 e. The van der Waals surface area contributed by atoms with Gasteiger partial charge >= 0.3 is 0 Å². The third-order valence-electron chi connectivity index (χ3n) is 4.29. The molecule has 23 heavy (non-hydrogen) atoms. The number of hydrogen-bond donors (Lipinski definition) is 1. The van der Waals surface area contributed by atoms with E-state index in [1.807, 2.05) is 0 Å². The number of anilines is 1. The van der Waals surface area contributed by atoms with Crippen molar-refractivity contribution in [3.63, 3.8) is 0 Å². The molecule has 8 nitrogen and oxygen atoms in total. The summed E-state index contributed by atoms with van der Waals surface area (Å²) in [5, 5.41) is 8.73. The molecule has 2 fully saturated rings. The van der Waals surface area contributed by atoms with E-state index >= 15 is 0 Å². The fourth-order valence-corrected chi connectivity index (χ4v) is 4.10. The monoisotopic (exact) mass is 337 g/mol. The van der Waals surface area contributed by atoms with Gasteiger partial charge in [0.05, 0.1) is 24.5 Å². The molecule has 1 saturated heterocycles. The minimum Gasteiger partial charge on any atom is -0.379 e. The maximum absolute atomic E-state index is 12.7. The smallest absolute Gasteiger partial charge is 0.280 e. The van der Waals surface area contributed by atoms with Crippen LogP contribution in [0.2, 0.25) is 0 Å². The van der Waals surface area contributed by atoms with Crippen LogP contribution in [0.3, 0.4) is 0 Å². The van der Waals surface area contributed by atoms with Crippen LogP contribution in [0, 0.1) is 0 Å². The molecule has 2 aromatic heterocycles. The molecule has 1 aliphatic carbocycles. The molecular weight excluding hydrogens is 318 g/mol. The van der Waals surface area contributed by atoms with Crippen LogP contribution in [0.1, 0.15) is 36.9 Å². The van der Waals surface area contributed by atoms with Crippen LogP contribution in [0.4, 0.5) is 5.82 Å². The number of sulfonamides is 1. The number of ether oxygens (including phenoxy) is 1. The van der Waals surface area contributed by atoms with Crippen molar-refractivity contribution in [1.29, 1.82) is 0 Å². The van der Waals surface area contributed by atoms with Gasteiger partial charge in [-0.2, -0.15) is 18.6 Å². The van der Waals surface area contributed by atoms with Gasteiger partial charge in [-0.05, 0) is 19.3 Å². The number of aromatic nitrogens is 4. The summed E-state index contributed by atoms with van der Waals surface area (Å²) >= 11 is 0. The first-order chi connectivity index (χ1) is 11.0. The maximum Gasteiger partial charge on any atom is 0.280 e. The first-order valence-electron chi connectivity index (χ1n) is 7.72. The Balaban J connectivity index is 1.61. The van der Waals surface area contributed by atoms with Crippen LogP contribution in [0.5, 0.6) is 0 Å². The molecule has 2 aromatic rings. The lowest BCUT2D eigenvalue weighted by atomic mass is 10.3.